The van der Waals surface area contributed by atoms with Gasteiger partial charge in [-0.2, -0.15) is 23.1 Å². The maximum absolute atomic E-state index is 16.9. The monoisotopic (exact) mass is 723 g/mol. The molecule has 52 heavy (non-hydrogen) atoms. The molecule has 3 aliphatic heterocycles. The molecular weight excluding hydrogens is 685 g/mol. The molecular formula is C37H38F5N7O3. The summed E-state index contributed by atoms with van der Waals surface area (Å²) in [6, 6.07) is 4.07. The second-order valence-corrected chi connectivity index (χ2v) is 15.5. The number of carbonyl (C=O) groups excluding carboxylic acids is 1. The van der Waals surface area contributed by atoms with Crippen molar-refractivity contribution in [3.63, 3.8) is 0 Å². The van der Waals surface area contributed by atoms with E-state index in [1.165, 1.54) is 41.8 Å². The number of aromatic nitrogens is 3. The first kappa shape index (κ1) is 33.3. The molecule has 9 rings (SSSR count). The number of alkyl halides is 3. The molecule has 274 valence electrons. The van der Waals surface area contributed by atoms with Gasteiger partial charge in [0.2, 0.25) is 0 Å². The molecule has 15 heteroatoms. The van der Waals surface area contributed by atoms with Crippen molar-refractivity contribution in [3.05, 3.63) is 47.7 Å². The van der Waals surface area contributed by atoms with Gasteiger partial charge >= 0.3 is 18.2 Å². The summed E-state index contributed by atoms with van der Waals surface area (Å²) < 4.78 is 76.7. The number of amides is 2. The van der Waals surface area contributed by atoms with E-state index in [4.69, 9.17) is 9.72 Å². The predicted octanol–water partition coefficient (Wildman–Crippen LogP) is 6.17. The number of nitrogens with zero attached hydrogens (tertiary/aromatic N) is 6. The minimum atomic E-state index is -4.53. The molecule has 2 bridgehead atoms. The minimum absolute atomic E-state index is 0.0187. The van der Waals surface area contributed by atoms with E-state index in [-0.39, 0.29) is 58.0 Å². The van der Waals surface area contributed by atoms with Crippen molar-refractivity contribution in [2.45, 2.75) is 57.3 Å². The van der Waals surface area contributed by atoms with Crippen molar-refractivity contribution in [2.75, 3.05) is 50.8 Å². The Labute approximate surface area is 296 Å². The lowest BCUT2D eigenvalue weighted by atomic mass is 9.96. The summed E-state index contributed by atoms with van der Waals surface area (Å²) in [5, 5.41) is 13.8. The third-order valence-corrected chi connectivity index (χ3v) is 11.7. The Balaban J connectivity index is 1.08. The molecule has 4 unspecified atom stereocenters. The highest BCUT2D eigenvalue weighted by Crippen LogP contribution is 2.51. The van der Waals surface area contributed by atoms with Gasteiger partial charge in [-0.3, -0.25) is 4.98 Å². The number of anilines is 1. The zero-order chi connectivity index (χ0) is 36.1. The highest BCUT2D eigenvalue weighted by atomic mass is 19.4. The smallest absolute Gasteiger partial charge is 0.405 e. The van der Waals surface area contributed by atoms with Crippen LogP contribution in [0.1, 0.15) is 37.7 Å². The molecule has 3 saturated heterocycles. The highest BCUT2D eigenvalue weighted by molar-refractivity contribution is 6.01. The molecule has 0 spiro atoms. The number of likely N-dealkylation sites (tertiary alicyclic amines) is 1. The number of phenols is 1. The van der Waals surface area contributed by atoms with Crippen LogP contribution in [0.2, 0.25) is 0 Å². The van der Waals surface area contributed by atoms with Crippen molar-refractivity contribution >= 4 is 33.5 Å². The fraction of sp³-hybridized carbons (Fsp3) is 0.514. The van der Waals surface area contributed by atoms with Crippen LogP contribution in [0.4, 0.5) is 32.6 Å². The molecule has 5 heterocycles. The molecule has 4 aromatic rings. The predicted molar refractivity (Wildman–Crippen MR) is 182 cm³/mol. The average molecular weight is 724 g/mol. The molecule has 2 amide bonds. The highest BCUT2D eigenvalue weighted by Gasteiger charge is 2.51. The number of benzene rings is 2. The number of hydrogen-bond acceptors (Lipinski definition) is 8. The van der Waals surface area contributed by atoms with Gasteiger partial charge in [0.05, 0.1) is 24.1 Å². The number of aryl methyl sites for hydroxylation is 1. The van der Waals surface area contributed by atoms with E-state index < -0.39 is 42.5 Å². The number of piperazine rings is 1. The molecule has 2 aliphatic carbocycles. The van der Waals surface area contributed by atoms with Gasteiger partial charge in [-0.25, -0.2) is 13.6 Å². The Morgan fingerprint density at radius 1 is 1.06 bits per heavy atom. The van der Waals surface area contributed by atoms with Crippen molar-refractivity contribution < 1.29 is 36.6 Å². The topological polar surface area (TPSA) is 107 Å². The number of carbonyl (C=O) groups is 1. The van der Waals surface area contributed by atoms with Crippen molar-refractivity contribution in [1.29, 1.82) is 0 Å². The first-order valence-electron chi connectivity index (χ1n) is 17.9. The summed E-state index contributed by atoms with van der Waals surface area (Å²) in [6.07, 6.45) is 1.41. The van der Waals surface area contributed by atoms with E-state index >= 15 is 4.39 Å². The second kappa shape index (κ2) is 12.0. The fourth-order valence-electron chi connectivity index (χ4n) is 8.82. The van der Waals surface area contributed by atoms with Gasteiger partial charge in [0.25, 0.3) is 0 Å². The summed E-state index contributed by atoms with van der Waals surface area (Å²) in [7, 11) is 0. The lowest BCUT2D eigenvalue weighted by Crippen LogP contribution is -2.59. The van der Waals surface area contributed by atoms with E-state index in [9.17, 15) is 27.5 Å². The lowest BCUT2D eigenvalue weighted by molar-refractivity contribution is -0.123. The number of piperidine rings is 1. The van der Waals surface area contributed by atoms with Gasteiger partial charge in [0.1, 0.15) is 35.1 Å². The van der Waals surface area contributed by atoms with E-state index in [1.807, 2.05) is 10.2 Å². The van der Waals surface area contributed by atoms with E-state index in [2.05, 4.69) is 14.9 Å². The summed E-state index contributed by atoms with van der Waals surface area (Å²) in [4.78, 5) is 32.6. The van der Waals surface area contributed by atoms with Crippen LogP contribution >= 0.6 is 0 Å². The molecule has 10 nitrogen and oxygen atoms in total. The van der Waals surface area contributed by atoms with Crippen molar-refractivity contribution in [3.8, 4) is 23.0 Å². The number of rotatable bonds is 8. The van der Waals surface area contributed by atoms with Gasteiger partial charge in [-0.05, 0) is 85.4 Å². The van der Waals surface area contributed by atoms with Crippen LogP contribution in [0, 0.1) is 35.8 Å². The van der Waals surface area contributed by atoms with Gasteiger partial charge < -0.3 is 29.9 Å². The molecule has 2 aromatic carbocycles. The summed E-state index contributed by atoms with van der Waals surface area (Å²) >= 11 is 0. The van der Waals surface area contributed by atoms with Crippen LogP contribution in [0.25, 0.3) is 32.9 Å². The van der Waals surface area contributed by atoms with Crippen LogP contribution in [-0.2, 0) is 0 Å². The number of nitrogens with one attached hydrogen (secondary N) is 1. The zero-order valence-corrected chi connectivity index (χ0v) is 28.5. The summed E-state index contributed by atoms with van der Waals surface area (Å²) in [5.74, 6) is 0.542. The number of fused-ring (bicyclic) bond motifs is 5. The normalized spacial score (nSPS) is 24.8. The Hall–Kier alpha value is -4.53. The number of urea groups is 1. The molecule has 2 N–H and O–H groups in total. The van der Waals surface area contributed by atoms with Crippen LogP contribution in [-0.4, -0.2) is 100 Å². The maximum atomic E-state index is 16.9. The van der Waals surface area contributed by atoms with E-state index in [0.29, 0.717) is 36.0 Å². The fourth-order valence-corrected chi connectivity index (χ4v) is 8.82. The molecule has 0 radical (unpaired) electrons. The first-order valence-corrected chi connectivity index (χ1v) is 17.9. The Morgan fingerprint density at radius 2 is 1.79 bits per heavy atom. The van der Waals surface area contributed by atoms with Crippen LogP contribution in [0.3, 0.4) is 0 Å². The minimum Gasteiger partial charge on any atom is -0.508 e. The number of aromatic hydroxyl groups is 1. The van der Waals surface area contributed by atoms with Crippen LogP contribution < -0.4 is 15.0 Å². The van der Waals surface area contributed by atoms with Crippen molar-refractivity contribution in [1.82, 2.24) is 30.1 Å². The summed E-state index contributed by atoms with van der Waals surface area (Å²) in [6.45, 7) is 4.17. The first-order chi connectivity index (χ1) is 24.8. The molecule has 4 atom stereocenters. The third kappa shape index (κ3) is 6.00. The van der Waals surface area contributed by atoms with Crippen molar-refractivity contribution in [2.24, 2.45) is 17.3 Å². The summed E-state index contributed by atoms with van der Waals surface area (Å²) in [5.41, 5.74) is 0.242. The van der Waals surface area contributed by atoms with Crippen LogP contribution in [0.5, 0.6) is 11.8 Å². The van der Waals surface area contributed by atoms with Gasteiger partial charge in [0.15, 0.2) is 5.82 Å². The number of pyridine rings is 1. The number of hydrogen-bond donors (Lipinski definition) is 2. The Morgan fingerprint density at radius 3 is 2.48 bits per heavy atom. The standard InChI is InChI=1S/C37H38F5N7O3/c1-19-28(38)5-2-20-9-25(50)10-26(29(19)20)31-30(39)32-27(11-43-31)33(48-14-23-3-4-24(15-48)49(23)35(51)44-16-37(40,41)42)46-34(45-32)52-18-36(6-7-36)17-47-12-21-8-22(21)13-47/h2,5,9-11,21-24,50H,3-4,6-8,12-18H2,1H3,(H,44,51). The van der Waals surface area contributed by atoms with Gasteiger partial charge in [-0.1, -0.05) is 6.07 Å². The molecule has 2 saturated carbocycles. The van der Waals surface area contributed by atoms with Crippen LogP contribution in [0.15, 0.2) is 30.5 Å². The lowest BCUT2D eigenvalue weighted by Gasteiger charge is -2.41. The molecule has 2 aromatic heterocycles. The van der Waals surface area contributed by atoms with E-state index in [1.54, 1.807) is 6.92 Å². The largest absolute Gasteiger partial charge is 0.508 e. The Kier molecular flexibility index (Phi) is 7.69. The number of phenolic OH excluding ortho intramolecular Hbond substituents is 1. The third-order valence-electron chi connectivity index (χ3n) is 11.7. The number of halogens is 5. The Bertz CT molecular complexity index is 2090. The maximum Gasteiger partial charge on any atom is 0.405 e. The molecule has 5 aliphatic rings. The van der Waals surface area contributed by atoms with Gasteiger partial charge in [0, 0.05) is 49.9 Å². The average Bonchev–Trinajstić information content (AvgIpc) is 3.99. The zero-order valence-electron chi connectivity index (χ0n) is 28.5. The quantitative estimate of drug-likeness (QED) is 0.208. The second-order valence-electron chi connectivity index (χ2n) is 15.5. The van der Waals surface area contributed by atoms with Gasteiger partial charge in [-0.15, -0.1) is 0 Å². The number of ether oxygens (including phenoxy) is 1. The van der Waals surface area contributed by atoms with E-state index in [0.717, 1.165) is 44.3 Å². The SMILES string of the molecule is Cc1c(F)ccc2cc(O)cc(-c3ncc4c(N5CC6CCC(C5)N6C(=O)NCC(F)(F)F)nc(OCC5(CN6CC7CC7C6)CC5)nc4c3F)c12. The molecule has 5 fully saturated rings.